The van der Waals surface area contributed by atoms with Crippen molar-refractivity contribution in [3.63, 3.8) is 0 Å². The second-order valence-electron chi connectivity index (χ2n) is 11.8. The minimum absolute atomic E-state index is 0.219. The van der Waals surface area contributed by atoms with Crippen molar-refractivity contribution in [1.29, 1.82) is 0 Å². The van der Waals surface area contributed by atoms with E-state index in [4.69, 9.17) is 0 Å². The number of carbonyl (C=O) groups excluding carboxylic acids is 5. The lowest BCUT2D eigenvalue weighted by molar-refractivity contribution is -0.145. The Morgan fingerprint density at radius 1 is 0.951 bits per heavy atom. The van der Waals surface area contributed by atoms with Gasteiger partial charge >= 0.3 is 0 Å². The lowest BCUT2D eigenvalue weighted by Gasteiger charge is -2.40. The molecule has 3 aliphatic rings. The molecule has 10 heteroatoms. The summed E-state index contributed by atoms with van der Waals surface area (Å²) < 4.78 is 0. The zero-order valence-corrected chi connectivity index (χ0v) is 24.0. The van der Waals surface area contributed by atoms with E-state index in [0.29, 0.717) is 64.3 Å². The Kier molecular flexibility index (Phi) is 10.5. The van der Waals surface area contributed by atoms with E-state index in [9.17, 15) is 29.1 Å². The molecule has 1 aromatic carbocycles. The maximum Gasteiger partial charge on any atom is 0.246 e. The van der Waals surface area contributed by atoms with Gasteiger partial charge in [-0.3, -0.25) is 24.0 Å². The average molecular weight is 569 g/mol. The predicted octanol–water partition coefficient (Wildman–Crippen LogP) is 1.92. The summed E-state index contributed by atoms with van der Waals surface area (Å²) in [5.74, 6) is -1.60. The van der Waals surface area contributed by atoms with Crippen LogP contribution in [0.15, 0.2) is 30.3 Å². The van der Waals surface area contributed by atoms with E-state index in [2.05, 4.69) is 16.0 Å². The fourth-order valence-electron chi connectivity index (χ4n) is 6.31. The molecule has 1 saturated carbocycles. The fraction of sp³-hybridized carbons (Fsp3) is 0.645. The van der Waals surface area contributed by atoms with Crippen LogP contribution in [0.1, 0.15) is 89.5 Å². The number of Topliss-reactive ketones (excluding diaryl/α,β-unsaturated/α-hetero) is 1. The van der Waals surface area contributed by atoms with E-state index in [-0.39, 0.29) is 29.9 Å². The Hall–Kier alpha value is -3.27. The van der Waals surface area contributed by atoms with E-state index >= 15 is 0 Å². The summed E-state index contributed by atoms with van der Waals surface area (Å²) in [6.07, 6.45) is 6.28. The molecular formula is C31H44N4O6. The van der Waals surface area contributed by atoms with Crippen molar-refractivity contribution < 1.29 is 29.1 Å². The number of aliphatic hydroxyl groups excluding tert-OH is 1. The lowest BCUT2D eigenvalue weighted by atomic mass is 9.80. The van der Waals surface area contributed by atoms with Gasteiger partial charge < -0.3 is 26.0 Å². The summed E-state index contributed by atoms with van der Waals surface area (Å²) in [7, 11) is 0. The van der Waals surface area contributed by atoms with Crippen LogP contribution in [0.25, 0.3) is 0 Å². The van der Waals surface area contributed by atoms with Gasteiger partial charge in [-0.1, -0.05) is 62.4 Å². The number of amides is 4. The molecule has 2 aliphatic heterocycles. The first-order valence-corrected chi connectivity index (χ1v) is 15.2. The van der Waals surface area contributed by atoms with Crippen LogP contribution < -0.4 is 16.0 Å². The highest BCUT2D eigenvalue weighted by Crippen LogP contribution is 2.30. The summed E-state index contributed by atoms with van der Waals surface area (Å²) in [5.41, 5.74) is -0.253. The zero-order valence-electron chi connectivity index (χ0n) is 24.0. The highest BCUT2D eigenvalue weighted by Gasteiger charge is 2.46. The van der Waals surface area contributed by atoms with Gasteiger partial charge in [0.2, 0.25) is 23.6 Å². The lowest BCUT2D eigenvalue weighted by Crippen LogP contribution is -2.67. The van der Waals surface area contributed by atoms with Crippen LogP contribution in [-0.4, -0.2) is 75.7 Å². The van der Waals surface area contributed by atoms with Crippen LogP contribution in [-0.2, 0) is 30.4 Å². The first-order chi connectivity index (χ1) is 19.7. The molecule has 3 fully saturated rings. The number of carbonyl (C=O) groups is 5. The SMILES string of the molecule is C[C@H](O)C(=O)CCCCC[C@@H]1NC(=O)[C@H]2CCCN2C(=O)[C@H](Cc2ccccc2)NC(=O)C2(CCCCC2)NC1=O. The number of aliphatic hydroxyl groups is 1. The highest BCUT2D eigenvalue weighted by atomic mass is 16.3. The smallest absolute Gasteiger partial charge is 0.246 e. The molecule has 0 unspecified atom stereocenters. The summed E-state index contributed by atoms with van der Waals surface area (Å²) in [6, 6.07) is 7.06. The number of unbranched alkanes of at least 4 members (excludes halogenated alkanes) is 2. The normalized spacial score (nSPS) is 25.8. The number of rotatable bonds is 9. The molecule has 224 valence electrons. The number of fused-ring (bicyclic) bond motifs is 1. The highest BCUT2D eigenvalue weighted by molar-refractivity contribution is 5.99. The second-order valence-corrected chi connectivity index (χ2v) is 11.8. The Labute approximate surface area is 242 Å². The maximum absolute atomic E-state index is 13.9. The molecule has 10 nitrogen and oxygen atoms in total. The Balaban J connectivity index is 1.57. The molecular weight excluding hydrogens is 524 g/mol. The largest absolute Gasteiger partial charge is 0.386 e. The van der Waals surface area contributed by atoms with Gasteiger partial charge in [-0.15, -0.1) is 0 Å². The van der Waals surface area contributed by atoms with Gasteiger partial charge in [-0.05, 0) is 51.0 Å². The van der Waals surface area contributed by atoms with Gasteiger partial charge in [-0.2, -0.15) is 0 Å². The molecule has 0 radical (unpaired) electrons. The zero-order chi connectivity index (χ0) is 29.4. The van der Waals surface area contributed by atoms with Crippen molar-refractivity contribution in [2.24, 2.45) is 0 Å². The van der Waals surface area contributed by atoms with Gasteiger partial charge in [0.15, 0.2) is 5.78 Å². The molecule has 4 rings (SSSR count). The first-order valence-electron chi connectivity index (χ1n) is 15.2. The molecule has 2 saturated heterocycles. The van der Waals surface area contributed by atoms with Gasteiger partial charge in [0.25, 0.3) is 0 Å². The summed E-state index contributed by atoms with van der Waals surface area (Å²) >= 11 is 0. The van der Waals surface area contributed by atoms with Crippen LogP contribution >= 0.6 is 0 Å². The van der Waals surface area contributed by atoms with Crippen molar-refractivity contribution in [2.45, 2.75) is 120 Å². The fourth-order valence-corrected chi connectivity index (χ4v) is 6.31. The van der Waals surface area contributed by atoms with E-state index in [1.165, 1.54) is 6.92 Å². The minimum atomic E-state index is -1.15. The minimum Gasteiger partial charge on any atom is -0.386 e. The predicted molar refractivity (Wildman–Crippen MR) is 152 cm³/mol. The Bertz CT molecular complexity index is 1100. The molecule has 1 spiro atoms. The third-order valence-electron chi connectivity index (χ3n) is 8.74. The van der Waals surface area contributed by atoms with Crippen LogP contribution in [0.5, 0.6) is 0 Å². The van der Waals surface area contributed by atoms with Crippen molar-refractivity contribution >= 4 is 29.4 Å². The van der Waals surface area contributed by atoms with E-state index in [1.807, 2.05) is 30.3 Å². The van der Waals surface area contributed by atoms with Gasteiger partial charge in [0.05, 0.1) is 0 Å². The molecule has 1 aromatic rings. The second kappa shape index (κ2) is 14.1. The first kappa shape index (κ1) is 30.7. The molecule has 1 aliphatic carbocycles. The molecule has 4 amide bonds. The number of nitrogens with zero attached hydrogens (tertiary/aromatic N) is 1. The van der Waals surface area contributed by atoms with Crippen molar-refractivity contribution in [3.8, 4) is 0 Å². The standard InChI is InChI=1S/C31H44N4O6/c1-21(36)26(37)16-8-3-7-14-23-27(38)34-31(17-9-4-10-18-31)30(41)33-24(20-22-12-5-2-6-13-22)29(40)35-19-11-15-25(35)28(39)32-23/h2,5-6,12-13,21,23-25,36H,3-4,7-11,14-20H2,1H3,(H,32,39)(H,33,41)(H,34,38)/t21-,23-,24-,25+/m0/s1. The number of hydrogen-bond acceptors (Lipinski definition) is 6. The number of nitrogens with one attached hydrogen (secondary N) is 3. The molecule has 2 heterocycles. The maximum atomic E-state index is 13.9. The summed E-state index contributed by atoms with van der Waals surface area (Å²) in [5, 5.41) is 18.4. The molecule has 4 N–H and O–H groups in total. The topological polar surface area (TPSA) is 145 Å². The molecule has 41 heavy (non-hydrogen) atoms. The van der Waals surface area contributed by atoms with Crippen molar-refractivity contribution in [1.82, 2.24) is 20.9 Å². The van der Waals surface area contributed by atoms with Crippen LogP contribution in [0, 0.1) is 0 Å². The van der Waals surface area contributed by atoms with Crippen LogP contribution in [0.3, 0.4) is 0 Å². The van der Waals surface area contributed by atoms with E-state index in [0.717, 1.165) is 24.8 Å². The van der Waals surface area contributed by atoms with Crippen molar-refractivity contribution in [2.75, 3.05) is 6.54 Å². The Morgan fingerprint density at radius 3 is 2.39 bits per heavy atom. The third kappa shape index (κ3) is 7.72. The van der Waals surface area contributed by atoms with Gasteiger partial charge in [-0.25, -0.2) is 0 Å². The third-order valence-corrected chi connectivity index (χ3v) is 8.74. The number of benzene rings is 1. The van der Waals surface area contributed by atoms with Crippen LogP contribution in [0.4, 0.5) is 0 Å². The van der Waals surface area contributed by atoms with E-state index in [1.54, 1.807) is 4.90 Å². The Morgan fingerprint density at radius 2 is 1.68 bits per heavy atom. The average Bonchev–Trinajstić information content (AvgIpc) is 3.46. The van der Waals surface area contributed by atoms with Crippen LogP contribution in [0.2, 0.25) is 0 Å². The monoisotopic (exact) mass is 568 g/mol. The summed E-state index contributed by atoms with van der Waals surface area (Å²) in [6.45, 7) is 1.86. The number of ketones is 1. The molecule has 0 aromatic heterocycles. The van der Waals surface area contributed by atoms with Gasteiger partial charge in [0, 0.05) is 19.4 Å². The van der Waals surface area contributed by atoms with Gasteiger partial charge in [0.1, 0.15) is 29.8 Å². The molecule has 4 atom stereocenters. The molecule has 0 bridgehead atoms. The quantitative estimate of drug-likeness (QED) is 0.335. The van der Waals surface area contributed by atoms with E-state index < -0.39 is 35.7 Å². The summed E-state index contributed by atoms with van der Waals surface area (Å²) in [4.78, 5) is 68.4. The number of hydrogen-bond donors (Lipinski definition) is 4. The van der Waals surface area contributed by atoms with Crippen molar-refractivity contribution in [3.05, 3.63) is 35.9 Å².